The van der Waals surface area contributed by atoms with Crippen LogP contribution < -0.4 is 5.32 Å². The first-order valence-electron chi connectivity index (χ1n) is 21.5. The number of carbonyl (C=O) groups is 1. The highest BCUT2D eigenvalue weighted by Crippen LogP contribution is 2.16. The zero-order chi connectivity index (χ0) is 35.2. The Labute approximate surface area is 299 Å². The van der Waals surface area contributed by atoms with Crippen molar-refractivity contribution in [2.24, 2.45) is 0 Å². The highest BCUT2D eigenvalue weighted by Gasteiger charge is 2.22. The Morgan fingerprint density at radius 1 is 0.500 bits per heavy atom. The Kier molecular flexibility index (Phi) is 38.1. The molecule has 286 valence electrons. The fourth-order valence-corrected chi connectivity index (χ4v) is 6.71. The van der Waals surface area contributed by atoms with E-state index in [-0.39, 0.29) is 6.61 Å². The molecule has 4 N–H and O–H groups in total. The van der Waals surface area contributed by atoms with E-state index in [2.05, 4.69) is 19.2 Å². The molecule has 0 aliphatic carbocycles. The van der Waals surface area contributed by atoms with Gasteiger partial charge in [0.05, 0.1) is 18.8 Å². The van der Waals surface area contributed by atoms with Gasteiger partial charge in [0.2, 0.25) is 5.91 Å². The van der Waals surface area contributed by atoms with E-state index in [0.29, 0.717) is 6.42 Å². The molecule has 0 aliphatic heterocycles. The number of nitrogens with one attached hydrogen (secondary N) is 1. The van der Waals surface area contributed by atoms with Gasteiger partial charge in [-0.3, -0.25) is 4.79 Å². The minimum atomic E-state index is -1.09. The number of amides is 1. The van der Waals surface area contributed by atoms with Gasteiger partial charge in [0.1, 0.15) is 6.10 Å². The third-order valence-electron chi connectivity index (χ3n) is 10.1. The maximum Gasteiger partial charge on any atom is 0.249 e. The predicted molar refractivity (Wildman–Crippen MR) is 208 cm³/mol. The number of aliphatic hydroxyl groups excluding tert-OH is 3. The van der Waals surface area contributed by atoms with Gasteiger partial charge in [-0.15, -0.1) is 0 Å². The number of aliphatic hydroxyl groups is 3. The van der Waals surface area contributed by atoms with Gasteiger partial charge in [-0.1, -0.05) is 225 Å². The van der Waals surface area contributed by atoms with Gasteiger partial charge >= 0.3 is 0 Å². The smallest absolute Gasteiger partial charge is 0.249 e. The van der Waals surface area contributed by atoms with Crippen LogP contribution in [0, 0.1) is 0 Å². The van der Waals surface area contributed by atoms with E-state index in [1.807, 2.05) is 6.08 Å². The van der Waals surface area contributed by atoms with Crippen molar-refractivity contribution < 1.29 is 20.1 Å². The van der Waals surface area contributed by atoms with Crippen LogP contribution in [0.4, 0.5) is 0 Å². The fourth-order valence-electron chi connectivity index (χ4n) is 6.71. The van der Waals surface area contributed by atoms with Gasteiger partial charge < -0.3 is 20.6 Å². The van der Waals surface area contributed by atoms with Gasteiger partial charge in [-0.05, 0) is 19.3 Å². The van der Waals surface area contributed by atoms with Crippen molar-refractivity contribution in [1.29, 1.82) is 0 Å². The SMILES string of the molecule is CCCCCCCCCCCCCCCCCCCCCC/C=C/C(O)C(CO)NC(=O)C(O)CCCCCCCCCCCCCC. The number of unbranched alkanes of at least 4 members (excludes halogenated alkanes) is 31. The fraction of sp³-hybridized carbons (Fsp3) is 0.930. The average molecular weight is 680 g/mol. The summed E-state index contributed by atoms with van der Waals surface area (Å²) in [6.45, 7) is 4.18. The van der Waals surface area contributed by atoms with E-state index in [9.17, 15) is 20.1 Å². The Morgan fingerprint density at radius 3 is 1.15 bits per heavy atom. The normalized spacial score (nSPS) is 13.7. The summed E-state index contributed by atoms with van der Waals surface area (Å²) in [6, 6.07) is -0.791. The molecule has 0 saturated heterocycles. The largest absolute Gasteiger partial charge is 0.394 e. The molecule has 3 unspecified atom stereocenters. The number of rotatable bonds is 39. The lowest BCUT2D eigenvalue weighted by Crippen LogP contribution is -2.48. The molecule has 0 spiro atoms. The van der Waals surface area contributed by atoms with Crippen LogP contribution in [0.2, 0.25) is 0 Å². The van der Waals surface area contributed by atoms with Crippen molar-refractivity contribution in [1.82, 2.24) is 5.32 Å². The van der Waals surface area contributed by atoms with Crippen molar-refractivity contribution >= 4 is 5.91 Å². The first-order valence-corrected chi connectivity index (χ1v) is 21.5. The van der Waals surface area contributed by atoms with E-state index in [1.165, 1.54) is 180 Å². The minimum Gasteiger partial charge on any atom is -0.394 e. The lowest BCUT2D eigenvalue weighted by Gasteiger charge is -2.21. The van der Waals surface area contributed by atoms with E-state index < -0.39 is 24.2 Å². The van der Waals surface area contributed by atoms with Crippen LogP contribution >= 0.6 is 0 Å². The lowest BCUT2D eigenvalue weighted by molar-refractivity contribution is -0.131. The van der Waals surface area contributed by atoms with Crippen LogP contribution in [0.25, 0.3) is 0 Å². The summed E-state index contributed by atoms with van der Waals surface area (Å²) < 4.78 is 0. The molecule has 48 heavy (non-hydrogen) atoms. The summed E-state index contributed by atoms with van der Waals surface area (Å²) in [7, 11) is 0. The van der Waals surface area contributed by atoms with Gasteiger partial charge in [0, 0.05) is 0 Å². The summed E-state index contributed by atoms with van der Waals surface area (Å²) in [4.78, 5) is 12.4. The van der Waals surface area contributed by atoms with E-state index >= 15 is 0 Å². The lowest BCUT2D eigenvalue weighted by atomic mass is 10.0. The maximum atomic E-state index is 12.4. The quantitative estimate of drug-likeness (QED) is 0.0384. The molecule has 5 heteroatoms. The Balaban J connectivity index is 3.62. The summed E-state index contributed by atoms with van der Waals surface area (Å²) in [5, 5.41) is 33.1. The molecule has 0 aromatic heterocycles. The molecule has 3 atom stereocenters. The molecule has 0 heterocycles. The molecule has 0 radical (unpaired) electrons. The summed E-state index contributed by atoms with van der Waals surface area (Å²) >= 11 is 0. The van der Waals surface area contributed by atoms with Gasteiger partial charge in [-0.25, -0.2) is 0 Å². The Hall–Kier alpha value is -0.910. The van der Waals surface area contributed by atoms with Gasteiger partial charge in [0.15, 0.2) is 0 Å². The molecule has 1 amide bonds. The zero-order valence-corrected chi connectivity index (χ0v) is 32.4. The molecule has 0 rings (SSSR count). The topological polar surface area (TPSA) is 89.8 Å². The second-order valence-electron chi connectivity index (χ2n) is 14.9. The van der Waals surface area contributed by atoms with Gasteiger partial charge in [-0.2, -0.15) is 0 Å². The molecular formula is C43H85NO4. The predicted octanol–water partition coefficient (Wildman–Crippen LogP) is 12.0. The monoisotopic (exact) mass is 680 g/mol. The number of hydrogen-bond acceptors (Lipinski definition) is 4. The number of allylic oxidation sites excluding steroid dienone is 1. The number of carbonyl (C=O) groups excluding carboxylic acids is 1. The van der Waals surface area contributed by atoms with Crippen molar-refractivity contribution in [2.75, 3.05) is 6.61 Å². The van der Waals surface area contributed by atoms with E-state index in [0.717, 1.165) is 32.1 Å². The van der Waals surface area contributed by atoms with Crippen molar-refractivity contribution in [3.8, 4) is 0 Å². The first-order chi connectivity index (χ1) is 23.6. The standard InChI is InChI=1S/C43H85NO4/c1-3-5-7-9-11-13-15-17-18-19-20-21-22-23-24-25-26-28-29-31-33-35-37-41(46)40(39-45)44-43(48)42(47)38-36-34-32-30-27-16-14-12-10-8-6-4-2/h35,37,40-42,45-47H,3-34,36,38-39H2,1-2H3,(H,44,48)/b37-35+. The second kappa shape index (κ2) is 38.9. The van der Waals surface area contributed by atoms with Gasteiger partial charge in [0.25, 0.3) is 0 Å². The van der Waals surface area contributed by atoms with Crippen molar-refractivity contribution in [3.63, 3.8) is 0 Å². The molecular weight excluding hydrogens is 594 g/mol. The molecule has 0 fully saturated rings. The maximum absolute atomic E-state index is 12.4. The van der Waals surface area contributed by atoms with Crippen LogP contribution in [0.15, 0.2) is 12.2 Å². The van der Waals surface area contributed by atoms with Crippen LogP contribution in [0.1, 0.15) is 232 Å². The van der Waals surface area contributed by atoms with E-state index in [4.69, 9.17) is 0 Å². The zero-order valence-electron chi connectivity index (χ0n) is 32.4. The highest BCUT2D eigenvalue weighted by molar-refractivity contribution is 5.80. The first kappa shape index (κ1) is 47.1. The minimum absolute atomic E-state index is 0.359. The Bertz CT molecular complexity index is 669. The summed E-state index contributed by atoms with van der Waals surface area (Å²) in [6.07, 6.45) is 45.3. The average Bonchev–Trinajstić information content (AvgIpc) is 3.09. The molecule has 0 bridgehead atoms. The molecule has 0 aromatic carbocycles. The molecule has 0 saturated carbocycles. The third kappa shape index (κ3) is 33.6. The van der Waals surface area contributed by atoms with Crippen LogP contribution in [-0.4, -0.2) is 46.1 Å². The second-order valence-corrected chi connectivity index (χ2v) is 14.9. The van der Waals surface area contributed by atoms with Crippen molar-refractivity contribution in [2.45, 2.75) is 250 Å². The molecule has 0 aliphatic rings. The summed E-state index contributed by atoms with van der Waals surface area (Å²) in [5.41, 5.74) is 0. The van der Waals surface area contributed by atoms with Crippen LogP contribution in [0.3, 0.4) is 0 Å². The summed E-state index contributed by atoms with van der Waals surface area (Å²) in [5.74, 6) is -0.501. The van der Waals surface area contributed by atoms with E-state index in [1.54, 1.807) is 6.08 Å². The third-order valence-corrected chi connectivity index (χ3v) is 10.1. The molecule has 0 aromatic rings. The number of hydrogen-bond donors (Lipinski definition) is 4. The van der Waals surface area contributed by atoms with Crippen LogP contribution in [0.5, 0.6) is 0 Å². The van der Waals surface area contributed by atoms with Crippen LogP contribution in [-0.2, 0) is 4.79 Å². The Morgan fingerprint density at radius 2 is 0.812 bits per heavy atom. The molecule has 5 nitrogen and oxygen atoms in total. The highest BCUT2D eigenvalue weighted by atomic mass is 16.3. The van der Waals surface area contributed by atoms with Crippen molar-refractivity contribution in [3.05, 3.63) is 12.2 Å².